The highest BCUT2D eigenvalue weighted by atomic mass is 32.1. The number of hydrogen-bond donors (Lipinski definition) is 1. The molecule has 102 valence electrons. The summed E-state index contributed by atoms with van der Waals surface area (Å²) in [6.45, 7) is 0. The monoisotopic (exact) mass is 296 g/mol. The van der Waals surface area contributed by atoms with E-state index in [1.807, 2.05) is 24.3 Å². The molecule has 0 fully saturated rings. The molecule has 0 unspecified atom stereocenters. The van der Waals surface area contributed by atoms with E-state index in [-0.39, 0.29) is 11.3 Å². The van der Waals surface area contributed by atoms with Gasteiger partial charge in [0.05, 0.1) is 20.7 Å². The number of fused-ring (bicyclic) bond motifs is 1. The van der Waals surface area contributed by atoms with Gasteiger partial charge in [0, 0.05) is 17.4 Å². The number of nitro benzene ring substituents is 1. The third kappa shape index (κ3) is 2.52. The van der Waals surface area contributed by atoms with Gasteiger partial charge in [-0.3, -0.25) is 10.1 Å². The molecule has 1 heterocycles. The Labute approximate surface area is 123 Å². The van der Waals surface area contributed by atoms with Crippen LogP contribution in [-0.2, 0) is 0 Å². The maximum Gasteiger partial charge on any atom is 0.289 e. The van der Waals surface area contributed by atoms with Crippen molar-refractivity contribution in [3.63, 3.8) is 0 Å². The van der Waals surface area contributed by atoms with E-state index in [1.165, 1.54) is 23.5 Å². The normalized spacial score (nSPS) is 10.2. The summed E-state index contributed by atoms with van der Waals surface area (Å²) in [5.41, 5.74) is 3.89. The molecule has 0 radical (unpaired) electrons. The lowest BCUT2D eigenvalue weighted by Gasteiger charge is -2.06. The number of aromatic nitrogens is 1. The third-order valence-electron chi connectivity index (χ3n) is 2.93. The lowest BCUT2D eigenvalue weighted by atomic mass is 10.1. The Bertz CT molecular complexity index is 882. The molecular weight excluding hydrogens is 288 g/mol. The van der Waals surface area contributed by atoms with Gasteiger partial charge in [-0.1, -0.05) is 0 Å². The average Bonchev–Trinajstić information content (AvgIpc) is 2.94. The largest absolute Gasteiger partial charge is 0.355 e. The van der Waals surface area contributed by atoms with Crippen molar-refractivity contribution in [2.45, 2.75) is 0 Å². The predicted octanol–water partition coefficient (Wildman–Crippen LogP) is 3.82. The van der Waals surface area contributed by atoms with E-state index in [9.17, 15) is 10.1 Å². The third-order valence-corrected chi connectivity index (χ3v) is 3.73. The molecule has 0 spiro atoms. The molecule has 0 bridgehead atoms. The Balaban J connectivity index is 1.95. The van der Waals surface area contributed by atoms with Crippen molar-refractivity contribution in [3.05, 3.63) is 57.6 Å². The minimum atomic E-state index is -0.559. The first kappa shape index (κ1) is 13.0. The smallest absolute Gasteiger partial charge is 0.289 e. The number of nitrogens with zero attached hydrogens (tertiary/aromatic N) is 3. The SMILES string of the molecule is N#Cc1ccc(Nc2ccc3ncsc3c2)cc1[N+](=O)[O-]. The van der Waals surface area contributed by atoms with Gasteiger partial charge in [0.15, 0.2) is 0 Å². The number of nitro groups is 1. The van der Waals surface area contributed by atoms with E-state index >= 15 is 0 Å². The molecule has 6 nitrogen and oxygen atoms in total. The van der Waals surface area contributed by atoms with Gasteiger partial charge in [-0.25, -0.2) is 4.98 Å². The van der Waals surface area contributed by atoms with E-state index in [0.29, 0.717) is 5.69 Å². The predicted molar refractivity (Wildman–Crippen MR) is 80.7 cm³/mol. The van der Waals surface area contributed by atoms with Crippen molar-refractivity contribution >= 4 is 38.6 Å². The van der Waals surface area contributed by atoms with Gasteiger partial charge < -0.3 is 5.32 Å². The molecule has 3 rings (SSSR count). The number of hydrogen-bond acceptors (Lipinski definition) is 6. The van der Waals surface area contributed by atoms with E-state index in [1.54, 1.807) is 11.6 Å². The standard InChI is InChI=1S/C14H8N4O2S/c15-7-9-1-2-10(5-13(9)18(19)20)17-11-3-4-12-14(6-11)21-8-16-12/h1-6,8,17H. The minimum Gasteiger partial charge on any atom is -0.355 e. The fourth-order valence-electron chi connectivity index (χ4n) is 1.95. The first-order valence-electron chi connectivity index (χ1n) is 5.96. The Morgan fingerprint density at radius 2 is 2.00 bits per heavy atom. The molecule has 0 amide bonds. The molecule has 21 heavy (non-hydrogen) atoms. The summed E-state index contributed by atoms with van der Waals surface area (Å²) >= 11 is 1.52. The molecule has 2 aromatic carbocycles. The molecule has 0 aliphatic rings. The fraction of sp³-hybridized carbons (Fsp3) is 0. The molecule has 1 aromatic heterocycles. The minimum absolute atomic E-state index is 0.0449. The molecule has 0 aliphatic carbocycles. The van der Waals surface area contributed by atoms with Crippen LogP contribution in [0.3, 0.4) is 0 Å². The molecule has 0 saturated heterocycles. The van der Waals surface area contributed by atoms with Crippen molar-refractivity contribution in [1.29, 1.82) is 5.26 Å². The molecule has 1 N–H and O–H groups in total. The van der Waals surface area contributed by atoms with Crippen LogP contribution in [0.5, 0.6) is 0 Å². The number of benzene rings is 2. The average molecular weight is 296 g/mol. The van der Waals surface area contributed by atoms with Crippen LogP contribution in [0.2, 0.25) is 0 Å². The van der Waals surface area contributed by atoms with Crippen LogP contribution in [0.25, 0.3) is 10.2 Å². The zero-order chi connectivity index (χ0) is 14.8. The molecule has 3 aromatic rings. The van der Waals surface area contributed by atoms with Crippen LogP contribution in [0.4, 0.5) is 17.1 Å². The van der Waals surface area contributed by atoms with Crippen LogP contribution in [-0.4, -0.2) is 9.91 Å². The molecule has 7 heteroatoms. The van der Waals surface area contributed by atoms with E-state index in [4.69, 9.17) is 5.26 Å². The van der Waals surface area contributed by atoms with E-state index < -0.39 is 4.92 Å². The molecule has 0 atom stereocenters. The van der Waals surface area contributed by atoms with Crippen LogP contribution in [0.15, 0.2) is 41.9 Å². The van der Waals surface area contributed by atoms with Crippen LogP contribution in [0, 0.1) is 21.4 Å². The first-order valence-corrected chi connectivity index (χ1v) is 6.84. The maximum atomic E-state index is 10.9. The van der Waals surface area contributed by atoms with Crippen molar-refractivity contribution < 1.29 is 4.92 Å². The highest BCUT2D eigenvalue weighted by Crippen LogP contribution is 2.27. The second-order valence-corrected chi connectivity index (χ2v) is 5.15. The lowest BCUT2D eigenvalue weighted by molar-refractivity contribution is -0.385. The summed E-state index contributed by atoms with van der Waals surface area (Å²) in [4.78, 5) is 14.6. The Kier molecular flexibility index (Phi) is 3.22. The van der Waals surface area contributed by atoms with Gasteiger partial charge in [0.1, 0.15) is 11.6 Å². The Morgan fingerprint density at radius 1 is 1.24 bits per heavy atom. The Morgan fingerprint density at radius 3 is 2.76 bits per heavy atom. The number of nitrogens with one attached hydrogen (secondary N) is 1. The van der Waals surface area contributed by atoms with E-state index in [0.717, 1.165) is 15.9 Å². The zero-order valence-electron chi connectivity index (χ0n) is 10.6. The summed E-state index contributed by atoms with van der Waals surface area (Å²) < 4.78 is 1.03. The zero-order valence-corrected chi connectivity index (χ0v) is 11.4. The van der Waals surface area contributed by atoms with Gasteiger partial charge in [-0.05, 0) is 30.3 Å². The second-order valence-electron chi connectivity index (χ2n) is 4.26. The van der Waals surface area contributed by atoms with E-state index in [2.05, 4.69) is 10.3 Å². The van der Waals surface area contributed by atoms with Gasteiger partial charge >= 0.3 is 0 Å². The number of anilines is 2. The lowest BCUT2D eigenvalue weighted by Crippen LogP contribution is -1.95. The molecule has 0 aliphatic heterocycles. The molecule has 0 saturated carbocycles. The van der Waals surface area contributed by atoms with Crippen LogP contribution >= 0.6 is 11.3 Å². The van der Waals surface area contributed by atoms with Gasteiger partial charge in [0.25, 0.3) is 5.69 Å². The number of nitriles is 1. The summed E-state index contributed by atoms with van der Waals surface area (Å²) in [6.07, 6.45) is 0. The number of rotatable bonds is 3. The van der Waals surface area contributed by atoms with Gasteiger partial charge in [-0.2, -0.15) is 5.26 Å². The van der Waals surface area contributed by atoms with Crippen molar-refractivity contribution in [3.8, 4) is 6.07 Å². The number of thiazole rings is 1. The fourth-order valence-corrected chi connectivity index (χ4v) is 2.67. The van der Waals surface area contributed by atoms with Crippen molar-refractivity contribution in [2.75, 3.05) is 5.32 Å². The summed E-state index contributed by atoms with van der Waals surface area (Å²) in [6, 6.07) is 11.9. The Hall–Kier alpha value is -2.98. The van der Waals surface area contributed by atoms with Crippen molar-refractivity contribution in [2.24, 2.45) is 0 Å². The highest BCUT2D eigenvalue weighted by Gasteiger charge is 2.14. The first-order chi connectivity index (χ1) is 10.2. The topological polar surface area (TPSA) is 91.8 Å². The maximum absolute atomic E-state index is 10.9. The molecular formula is C14H8N4O2S. The van der Waals surface area contributed by atoms with Crippen molar-refractivity contribution in [1.82, 2.24) is 4.98 Å². The van der Waals surface area contributed by atoms with Gasteiger partial charge in [-0.15, -0.1) is 11.3 Å². The van der Waals surface area contributed by atoms with Crippen LogP contribution in [0.1, 0.15) is 5.56 Å². The summed E-state index contributed by atoms with van der Waals surface area (Å²) in [7, 11) is 0. The quantitative estimate of drug-likeness (QED) is 0.586. The van der Waals surface area contributed by atoms with Gasteiger partial charge in [0.2, 0.25) is 0 Å². The summed E-state index contributed by atoms with van der Waals surface area (Å²) in [5.74, 6) is 0. The highest BCUT2D eigenvalue weighted by molar-refractivity contribution is 7.16. The second kappa shape index (κ2) is 5.19. The van der Waals surface area contributed by atoms with Crippen LogP contribution < -0.4 is 5.32 Å². The summed E-state index contributed by atoms with van der Waals surface area (Å²) in [5, 5.41) is 22.9.